The number of carbonyl (C=O) groups is 5. The molecule has 5 rings (SSSR count). The summed E-state index contributed by atoms with van der Waals surface area (Å²) in [6, 6.07) is 15.5. The smallest absolute Gasteiger partial charge is 0.290 e. The number of fused-ring (bicyclic) bond motifs is 2. The first-order chi connectivity index (χ1) is 24.4. The van der Waals surface area contributed by atoms with Crippen molar-refractivity contribution < 1.29 is 29.1 Å². The Morgan fingerprint density at radius 3 is 2.33 bits per heavy atom. The van der Waals surface area contributed by atoms with E-state index >= 15 is 0 Å². The maximum absolute atomic E-state index is 14.0. The van der Waals surface area contributed by atoms with Gasteiger partial charge in [0.05, 0.1) is 23.6 Å². The van der Waals surface area contributed by atoms with Gasteiger partial charge in [0.15, 0.2) is 5.82 Å². The predicted molar refractivity (Wildman–Crippen MR) is 189 cm³/mol. The Hall–Kier alpha value is -5.60. The van der Waals surface area contributed by atoms with Crippen LogP contribution in [0.1, 0.15) is 63.2 Å². The van der Waals surface area contributed by atoms with Gasteiger partial charge in [0.1, 0.15) is 24.2 Å². The number of hydrogen-bond acceptors (Lipinski definition) is 8. The zero-order valence-electron chi connectivity index (χ0n) is 29.7. The summed E-state index contributed by atoms with van der Waals surface area (Å²) >= 11 is 0. The van der Waals surface area contributed by atoms with Crippen molar-refractivity contribution in [1.29, 1.82) is 0 Å². The van der Waals surface area contributed by atoms with E-state index in [1.54, 1.807) is 13.8 Å². The van der Waals surface area contributed by atoms with Crippen molar-refractivity contribution in [2.45, 2.75) is 85.1 Å². The lowest BCUT2D eigenvalue weighted by Crippen LogP contribution is -2.54. The van der Waals surface area contributed by atoms with E-state index in [4.69, 9.17) is 14.9 Å². The number of para-hydroxylation sites is 2. The van der Waals surface area contributed by atoms with Gasteiger partial charge in [-0.2, -0.15) is 5.10 Å². The molecule has 1 aliphatic rings. The van der Waals surface area contributed by atoms with E-state index in [9.17, 15) is 19.2 Å². The molecule has 2 aromatic heterocycles. The third-order valence-electron chi connectivity index (χ3n) is 8.64. The van der Waals surface area contributed by atoms with Gasteiger partial charge in [0.2, 0.25) is 23.6 Å². The molecular weight excluding hydrogens is 654 g/mol. The Balaban J connectivity index is 0.00000188. The third kappa shape index (κ3) is 10.2. The van der Waals surface area contributed by atoms with Gasteiger partial charge < -0.3 is 30.5 Å². The summed E-state index contributed by atoms with van der Waals surface area (Å²) < 4.78 is 3.52. The molecule has 0 bridgehead atoms. The number of hydrogen-bond donors (Lipinski definition) is 4. The van der Waals surface area contributed by atoms with Crippen LogP contribution in [0.4, 0.5) is 0 Å². The molecule has 0 saturated carbocycles. The number of rotatable bonds is 7. The highest BCUT2D eigenvalue weighted by atomic mass is 16.3. The summed E-state index contributed by atoms with van der Waals surface area (Å²) in [5, 5.41) is 20.2. The molecule has 0 saturated heterocycles. The lowest BCUT2D eigenvalue weighted by atomic mass is 10.0. The number of nitrogens with one attached hydrogen (secondary N) is 3. The van der Waals surface area contributed by atoms with Crippen molar-refractivity contribution in [3.63, 3.8) is 0 Å². The number of carbonyl (C=O) groups excluding carboxylic acids is 4. The largest absolute Gasteiger partial charge is 0.483 e. The topological polar surface area (TPSA) is 193 Å². The summed E-state index contributed by atoms with van der Waals surface area (Å²) in [4.78, 5) is 73.5. The molecule has 4 amide bonds. The quantitative estimate of drug-likeness (QED) is 0.209. The summed E-state index contributed by atoms with van der Waals surface area (Å²) in [7, 11) is 0. The predicted octanol–water partition coefficient (Wildman–Crippen LogP) is 2.18. The highest BCUT2D eigenvalue weighted by Gasteiger charge is 2.30. The van der Waals surface area contributed by atoms with Gasteiger partial charge in [0.25, 0.3) is 6.47 Å². The second kappa shape index (κ2) is 17.9. The molecular formula is C36H47N9O6. The molecule has 3 atom stereocenters. The fraction of sp³-hybridized carbons (Fsp3) is 0.444. The highest BCUT2D eigenvalue weighted by Crippen LogP contribution is 2.20. The molecule has 1 aliphatic heterocycles. The molecule has 0 aliphatic carbocycles. The second-order valence-corrected chi connectivity index (χ2v) is 12.8. The van der Waals surface area contributed by atoms with Crippen molar-refractivity contribution in [2.24, 2.45) is 5.92 Å². The molecule has 15 heteroatoms. The normalized spacial score (nSPS) is 18.7. The van der Waals surface area contributed by atoms with Gasteiger partial charge >= 0.3 is 0 Å². The van der Waals surface area contributed by atoms with E-state index in [2.05, 4.69) is 30.6 Å². The Morgan fingerprint density at radius 1 is 0.980 bits per heavy atom. The number of amides is 4. The standard InChI is InChI=1S/C35H45N9O4.CH2O2/c1-6-30-38-26-14-10-11-15-29(26)43(30)17-16-33(47)42-19-28(22(2)3)40-35(48)23(4)36-32(46)21-44-34(37-24(5)41-44)27(39-31(45)20-42)18-25-12-8-7-9-13-25;2-1-3/h7-15,22-23,27-28H,6,16-21H2,1-5H3,(H,36,46)(H,39,45)(H,40,48);1H,(H,2,3)/t23-,27+,28-;/m1./s1. The molecule has 4 aromatic rings. The van der Waals surface area contributed by atoms with Crippen LogP contribution < -0.4 is 16.0 Å². The molecule has 51 heavy (non-hydrogen) atoms. The minimum absolute atomic E-state index is 0.0712. The van der Waals surface area contributed by atoms with Crippen LogP contribution in [0, 0.1) is 12.8 Å². The van der Waals surface area contributed by atoms with Crippen LogP contribution in [0.15, 0.2) is 54.6 Å². The van der Waals surface area contributed by atoms with Crippen molar-refractivity contribution in [2.75, 3.05) is 13.1 Å². The fourth-order valence-corrected chi connectivity index (χ4v) is 6.04. The summed E-state index contributed by atoms with van der Waals surface area (Å²) in [5.74, 6) is 0.233. The SMILES string of the molecule is CCc1nc2ccccc2n1CCC(=O)N1CC(=O)N[C@@H](Cc2ccccc2)c2nc(C)nn2CC(=O)N[C@H](C)C(=O)N[C@@H](C(C)C)C1.O=CO. The number of imidazole rings is 1. The van der Waals surface area contributed by atoms with Gasteiger partial charge in [-0.05, 0) is 43.9 Å². The molecule has 4 N–H and O–H groups in total. The van der Waals surface area contributed by atoms with Crippen LogP contribution in [0.2, 0.25) is 0 Å². The Labute approximate surface area is 296 Å². The van der Waals surface area contributed by atoms with Crippen molar-refractivity contribution in [1.82, 2.24) is 45.2 Å². The van der Waals surface area contributed by atoms with Gasteiger partial charge in [-0.1, -0.05) is 63.2 Å². The van der Waals surface area contributed by atoms with Crippen molar-refractivity contribution in [3.05, 3.63) is 77.6 Å². The number of benzene rings is 2. The molecule has 0 unspecified atom stereocenters. The van der Waals surface area contributed by atoms with Gasteiger partial charge in [0, 0.05) is 32.0 Å². The Kier molecular flexibility index (Phi) is 13.4. The monoisotopic (exact) mass is 701 g/mol. The maximum atomic E-state index is 14.0. The average Bonchev–Trinajstić information content (AvgIpc) is 3.65. The second-order valence-electron chi connectivity index (χ2n) is 12.8. The molecule has 3 heterocycles. The van der Waals surface area contributed by atoms with Crippen LogP contribution in [0.3, 0.4) is 0 Å². The first kappa shape index (κ1) is 38.2. The van der Waals surface area contributed by atoms with Crippen molar-refractivity contribution >= 4 is 41.1 Å². The average molecular weight is 702 g/mol. The lowest BCUT2D eigenvalue weighted by molar-refractivity contribution is -0.137. The third-order valence-corrected chi connectivity index (χ3v) is 8.64. The first-order valence-electron chi connectivity index (χ1n) is 17.1. The van der Waals surface area contributed by atoms with E-state index < -0.39 is 24.0 Å². The van der Waals surface area contributed by atoms with Crippen LogP contribution in [-0.4, -0.2) is 89.6 Å². The number of carboxylic acid groups (broad SMARTS) is 1. The maximum Gasteiger partial charge on any atom is 0.290 e. The first-order valence-corrected chi connectivity index (χ1v) is 17.1. The number of aromatic nitrogens is 5. The Morgan fingerprint density at radius 2 is 1.65 bits per heavy atom. The van der Waals surface area contributed by atoms with Crippen molar-refractivity contribution in [3.8, 4) is 0 Å². The van der Waals surface area contributed by atoms with Crippen LogP contribution in [0.5, 0.6) is 0 Å². The molecule has 0 fully saturated rings. The van der Waals surface area contributed by atoms with E-state index in [-0.39, 0.29) is 56.2 Å². The van der Waals surface area contributed by atoms with Crippen LogP contribution >= 0.6 is 0 Å². The zero-order valence-corrected chi connectivity index (χ0v) is 29.7. The fourth-order valence-electron chi connectivity index (χ4n) is 6.04. The van der Waals surface area contributed by atoms with Gasteiger partial charge in [-0.25, -0.2) is 14.6 Å². The Bertz CT molecular complexity index is 1820. The van der Waals surface area contributed by atoms with Crippen LogP contribution in [-0.2, 0) is 49.9 Å². The van der Waals surface area contributed by atoms with E-state index in [0.717, 1.165) is 22.4 Å². The molecule has 15 nitrogen and oxygen atoms in total. The minimum atomic E-state index is -0.844. The van der Waals surface area contributed by atoms with E-state index in [1.165, 1.54) is 9.58 Å². The highest BCUT2D eigenvalue weighted by molar-refractivity contribution is 5.88. The van der Waals surface area contributed by atoms with E-state index in [1.807, 2.05) is 75.4 Å². The van der Waals surface area contributed by atoms with Gasteiger partial charge in [-0.3, -0.25) is 24.0 Å². The summed E-state index contributed by atoms with van der Waals surface area (Å²) in [6.45, 7) is 9.08. The number of aryl methyl sites for hydroxylation is 3. The lowest BCUT2D eigenvalue weighted by Gasteiger charge is -2.31. The molecule has 272 valence electrons. The zero-order chi connectivity index (χ0) is 37.1. The van der Waals surface area contributed by atoms with Gasteiger partial charge in [-0.15, -0.1) is 0 Å². The summed E-state index contributed by atoms with van der Waals surface area (Å²) in [5.41, 5.74) is 2.77. The summed E-state index contributed by atoms with van der Waals surface area (Å²) in [6.07, 6.45) is 1.23. The molecule has 0 radical (unpaired) electrons. The van der Waals surface area contributed by atoms with Crippen LogP contribution in [0.25, 0.3) is 11.0 Å². The number of nitrogens with zero attached hydrogens (tertiary/aromatic N) is 6. The molecule has 2 aromatic carbocycles. The molecule has 0 spiro atoms. The van der Waals surface area contributed by atoms with E-state index in [0.29, 0.717) is 31.0 Å². The minimum Gasteiger partial charge on any atom is -0.483 e.